The van der Waals surface area contributed by atoms with Crippen LogP contribution in [0.2, 0.25) is 0 Å². The molecule has 0 aliphatic rings. The molecule has 1 heterocycles. The van der Waals surface area contributed by atoms with E-state index in [0.29, 0.717) is 10.9 Å². The molecule has 0 aliphatic carbocycles. The molecule has 0 aliphatic heterocycles. The molecule has 2 rings (SSSR count). The molecule has 1 aromatic heterocycles. The number of carbonyl (C=O) groups is 1. The molecule has 0 radical (unpaired) electrons. The summed E-state index contributed by atoms with van der Waals surface area (Å²) in [5.41, 5.74) is 0.721. The predicted octanol–water partition coefficient (Wildman–Crippen LogP) is 2.22. The summed E-state index contributed by atoms with van der Waals surface area (Å²) in [6.45, 7) is 0. The molecule has 1 aromatic carbocycles. The Kier molecular flexibility index (Phi) is 3.26. The Morgan fingerprint density at radius 3 is 2.67 bits per heavy atom. The number of phenolic OH excluding ortho intramolecular Hbond substituents is 1. The van der Waals surface area contributed by atoms with Crippen molar-refractivity contribution in [2.45, 2.75) is 0 Å². The Morgan fingerprint density at radius 1 is 1.27 bits per heavy atom. The molecule has 0 atom stereocenters. The largest absolute Gasteiger partial charge is 0.508 e. The maximum absolute atomic E-state index is 10.6. The molecule has 0 amide bonds. The number of pyridine rings is 1. The molecular formula is C10H8BrNO3. The van der Waals surface area contributed by atoms with Gasteiger partial charge >= 0.3 is 5.97 Å². The van der Waals surface area contributed by atoms with E-state index in [9.17, 15) is 4.79 Å². The number of aromatic carboxylic acids is 1. The quantitative estimate of drug-likeness (QED) is 0.833. The van der Waals surface area contributed by atoms with Gasteiger partial charge < -0.3 is 10.2 Å². The average Bonchev–Trinajstić information content (AvgIpc) is 2.16. The Morgan fingerprint density at radius 2 is 2.00 bits per heavy atom. The van der Waals surface area contributed by atoms with Crippen LogP contribution in [0.3, 0.4) is 0 Å². The van der Waals surface area contributed by atoms with E-state index < -0.39 is 5.97 Å². The maximum atomic E-state index is 10.6. The normalized spacial score (nSPS) is 9.60. The summed E-state index contributed by atoms with van der Waals surface area (Å²) in [5, 5.41) is 18.6. The minimum atomic E-state index is -1.01. The fraction of sp³-hybridized carbons (Fsp3) is 0. The number of aromatic hydroxyl groups is 1. The van der Waals surface area contributed by atoms with E-state index in [-0.39, 0.29) is 28.3 Å². The van der Waals surface area contributed by atoms with Crippen LogP contribution in [0.4, 0.5) is 0 Å². The van der Waals surface area contributed by atoms with Gasteiger partial charge in [-0.05, 0) is 18.2 Å². The number of halogens is 1. The van der Waals surface area contributed by atoms with Crippen LogP contribution >= 0.6 is 17.0 Å². The van der Waals surface area contributed by atoms with Gasteiger partial charge in [-0.2, -0.15) is 0 Å². The molecule has 78 valence electrons. The van der Waals surface area contributed by atoms with E-state index in [2.05, 4.69) is 4.98 Å². The van der Waals surface area contributed by atoms with E-state index in [4.69, 9.17) is 10.2 Å². The molecule has 0 bridgehead atoms. The summed E-state index contributed by atoms with van der Waals surface area (Å²) in [6, 6.07) is 6.13. The van der Waals surface area contributed by atoms with Gasteiger partial charge in [0.25, 0.3) is 0 Å². The SMILES string of the molecule is Br.O=C(O)c1cnc2cc(O)ccc2c1. The van der Waals surface area contributed by atoms with Gasteiger partial charge in [0.05, 0.1) is 11.1 Å². The number of benzene rings is 1. The molecule has 0 saturated heterocycles. The van der Waals surface area contributed by atoms with E-state index in [1.807, 2.05) is 0 Å². The van der Waals surface area contributed by atoms with Crippen molar-refractivity contribution in [2.24, 2.45) is 0 Å². The van der Waals surface area contributed by atoms with Crippen LogP contribution in [-0.2, 0) is 0 Å². The van der Waals surface area contributed by atoms with Crippen molar-refractivity contribution in [1.82, 2.24) is 4.98 Å². The topological polar surface area (TPSA) is 70.4 Å². The van der Waals surface area contributed by atoms with Gasteiger partial charge in [-0.1, -0.05) is 0 Å². The average molecular weight is 270 g/mol. The Labute approximate surface area is 96.0 Å². The second kappa shape index (κ2) is 4.27. The van der Waals surface area contributed by atoms with E-state index in [1.54, 1.807) is 6.07 Å². The van der Waals surface area contributed by atoms with Crippen LogP contribution in [0.5, 0.6) is 5.75 Å². The Balaban J connectivity index is 0.00000112. The minimum Gasteiger partial charge on any atom is -0.508 e. The van der Waals surface area contributed by atoms with Crippen LogP contribution in [-0.4, -0.2) is 21.2 Å². The van der Waals surface area contributed by atoms with Crippen LogP contribution in [0.25, 0.3) is 10.9 Å². The number of phenols is 1. The zero-order chi connectivity index (χ0) is 10.1. The molecule has 0 saturated carbocycles. The number of carboxylic acids is 1. The number of hydrogen-bond acceptors (Lipinski definition) is 3. The fourth-order valence-electron chi connectivity index (χ4n) is 1.23. The highest BCUT2D eigenvalue weighted by atomic mass is 79.9. The zero-order valence-corrected chi connectivity index (χ0v) is 9.26. The van der Waals surface area contributed by atoms with Crippen LogP contribution in [0, 0.1) is 0 Å². The fourth-order valence-corrected chi connectivity index (χ4v) is 1.23. The van der Waals surface area contributed by atoms with Gasteiger partial charge in [-0.15, -0.1) is 17.0 Å². The van der Waals surface area contributed by atoms with Crippen LogP contribution in [0.1, 0.15) is 10.4 Å². The summed E-state index contributed by atoms with van der Waals surface area (Å²) in [4.78, 5) is 14.5. The van der Waals surface area contributed by atoms with E-state index >= 15 is 0 Å². The van der Waals surface area contributed by atoms with Crippen molar-refractivity contribution in [3.05, 3.63) is 36.0 Å². The lowest BCUT2D eigenvalue weighted by atomic mass is 10.1. The van der Waals surface area contributed by atoms with Gasteiger partial charge in [0.15, 0.2) is 0 Å². The smallest absolute Gasteiger partial charge is 0.337 e. The summed E-state index contributed by atoms with van der Waals surface area (Å²) >= 11 is 0. The van der Waals surface area contributed by atoms with Gasteiger partial charge in [0.2, 0.25) is 0 Å². The summed E-state index contributed by atoms with van der Waals surface area (Å²) in [6.07, 6.45) is 1.27. The van der Waals surface area contributed by atoms with Gasteiger partial charge in [0, 0.05) is 17.6 Å². The van der Waals surface area contributed by atoms with E-state index in [0.717, 1.165) is 0 Å². The third-order valence-corrected chi connectivity index (χ3v) is 1.91. The molecule has 5 heteroatoms. The summed E-state index contributed by atoms with van der Waals surface area (Å²) in [7, 11) is 0. The Hall–Kier alpha value is -1.62. The maximum Gasteiger partial charge on any atom is 0.337 e. The minimum absolute atomic E-state index is 0. The molecule has 0 fully saturated rings. The van der Waals surface area contributed by atoms with Gasteiger partial charge in [-0.25, -0.2) is 4.79 Å². The van der Waals surface area contributed by atoms with Crippen molar-refractivity contribution >= 4 is 33.9 Å². The number of rotatable bonds is 1. The lowest BCUT2D eigenvalue weighted by Crippen LogP contribution is -1.96. The van der Waals surface area contributed by atoms with Crippen molar-refractivity contribution in [3.8, 4) is 5.75 Å². The lowest BCUT2D eigenvalue weighted by Gasteiger charge is -1.99. The second-order valence-corrected chi connectivity index (χ2v) is 2.91. The third-order valence-electron chi connectivity index (χ3n) is 1.91. The van der Waals surface area contributed by atoms with Crippen molar-refractivity contribution < 1.29 is 15.0 Å². The molecular weight excluding hydrogens is 262 g/mol. The molecule has 2 N–H and O–H groups in total. The highest BCUT2D eigenvalue weighted by Crippen LogP contribution is 2.18. The molecule has 4 nitrogen and oxygen atoms in total. The number of carboxylic acid groups (broad SMARTS) is 1. The van der Waals surface area contributed by atoms with Crippen molar-refractivity contribution in [3.63, 3.8) is 0 Å². The number of fused-ring (bicyclic) bond motifs is 1. The van der Waals surface area contributed by atoms with E-state index in [1.165, 1.54) is 24.4 Å². The Bertz CT molecular complexity index is 513. The lowest BCUT2D eigenvalue weighted by molar-refractivity contribution is 0.0696. The van der Waals surface area contributed by atoms with Crippen molar-refractivity contribution in [2.75, 3.05) is 0 Å². The first-order valence-corrected chi connectivity index (χ1v) is 3.99. The molecule has 0 unspecified atom stereocenters. The highest BCUT2D eigenvalue weighted by molar-refractivity contribution is 8.93. The van der Waals surface area contributed by atoms with Crippen LogP contribution in [0.15, 0.2) is 30.5 Å². The standard InChI is InChI=1S/C10H7NO3.BrH/c12-8-2-1-6-3-7(10(13)14)5-11-9(6)4-8;/h1-5,12H,(H,13,14);1H. The van der Waals surface area contributed by atoms with Gasteiger partial charge in [0.1, 0.15) is 5.75 Å². The summed E-state index contributed by atoms with van der Waals surface area (Å²) in [5.74, 6) is -0.888. The van der Waals surface area contributed by atoms with Gasteiger partial charge in [-0.3, -0.25) is 4.98 Å². The highest BCUT2D eigenvalue weighted by Gasteiger charge is 2.04. The predicted molar refractivity (Wildman–Crippen MR) is 60.7 cm³/mol. The monoisotopic (exact) mass is 269 g/mol. The second-order valence-electron chi connectivity index (χ2n) is 2.91. The zero-order valence-electron chi connectivity index (χ0n) is 7.54. The first-order valence-electron chi connectivity index (χ1n) is 3.99. The molecule has 15 heavy (non-hydrogen) atoms. The van der Waals surface area contributed by atoms with Crippen LogP contribution < -0.4 is 0 Å². The first kappa shape index (κ1) is 11.5. The first-order chi connectivity index (χ1) is 6.66. The molecule has 0 spiro atoms. The third kappa shape index (κ3) is 2.24. The van der Waals surface area contributed by atoms with Crippen molar-refractivity contribution in [1.29, 1.82) is 0 Å². The molecule has 2 aromatic rings. The number of hydrogen-bond donors (Lipinski definition) is 2. The summed E-state index contributed by atoms with van der Waals surface area (Å²) < 4.78 is 0. The number of nitrogens with zero attached hydrogens (tertiary/aromatic N) is 1. The number of aromatic nitrogens is 1.